The van der Waals surface area contributed by atoms with E-state index < -0.39 is 0 Å². The lowest BCUT2D eigenvalue weighted by Crippen LogP contribution is -2.47. The van der Waals surface area contributed by atoms with Crippen LogP contribution < -0.4 is 10.6 Å². The van der Waals surface area contributed by atoms with Crippen LogP contribution in [-0.2, 0) is 9.47 Å². The molecule has 20 heavy (non-hydrogen) atoms. The van der Waals surface area contributed by atoms with E-state index in [9.17, 15) is 0 Å². The molecule has 0 radical (unpaired) electrons. The van der Waals surface area contributed by atoms with Gasteiger partial charge in [0.15, 0.2) is 5.96 Å². The second-order valence-corrected chi connectivity index (χ2v) is 5.72. The molecule has 5 nitrogen and oxygen atoms in total. The Kier molecular flexibility index (Phi) is 6.35. The summed E-state index contributed by atoms with van der Waals surface area (Å²) in [6, 6.07) is 0.432. The van der Waals surface area contributed by atoms with Crippen LogP contribution in [0.1, 0.15) is 39.0 Å². The molecule has 4 atom stereocenters. The second-order valence-electron chi connectivity index (χ2n) is 5.72. The molecular formula is C14H26IN3O2. The first kappa shape index (κ1) is 16.3. The van der Waals surface area contributed by atoms with Gasteiger partial charge in [0, 0.05) is 13.2 Å². The molecule has 116 valence electrons. The average Bonchev–Trinajstić information content (AvgIpc) is 3.13. The number of fused-ring (bicyclic) bond motifs is 2. The van der Waals surface area contributed by atoms with Gasteiger partial charge in [-0.3, -0.25) is 4.99 Å². The first-order valence-corrected chi connectivity index (χ1v) is 7.67. The smallest absolute Gasteiger partial charge is 0.191 e. The molecule has 3 saturated heterocycles. The molecule has 0 amide bonds. The summed E-state index contributed by atoms with van der Waals surface area (Å²) in [5, 5.41) is 6.85. The van der Waals surface area contributed by atoms with E-state index >= 15 is 0 Å². The molecule has 3 fully saturated rings. The zero-order chi connectivity index (χ0) is 13.1. The van der Waals surface area contributed by atoms with Gasteiger partial charge in [0.1, 0.15) is 0 Å². The fourth-order valence-electron chi connectivity index (χ4n) is 3.27. The monoisotopic (exact) mass is 395 g/mol. The first-order valence-electron chi connectivity index (χ1n) is 7.67. The van der Waals surface area contributed by atoms with E-state index in [4.69, 9.17) is 9.47 Å². The van der Waals surface area contributed by atoms with Crippen LogP contribution in [0.4, 0.5) is 0 Å². The fourth-order valence-corrected chi connectivity index (χ4v) is 3.27. The Morgan fingerprint density at radius 1 is 1.30 bits per heavy atom. The molecule has 0 aromatic heterocycles. The number of hydrogen-bond donors (Lipinski definition) is 2. The van der Waals surface area contributed by atoms with Crippen molar-refractivity contribution in [2.24, 2.45) is 4.99 Å². The van der Waals surface area contributed by atoms with Crippen molar-refractivity contribution in [3.63, 3.8) is 0 Å². The van der Waals surface area contributed by atoms with Crippen LogP contribution in [-0.4, -0.2) is 50.0 Å². The highest BCUT2D eigenvalue weighted by atomic mass is 127. The third-order valence-corrected chi connectivity index (χ3v) is 4.25. The van der Waals surface area contributed by atoms with Gasteiger partial charge in [-0.25, -0.2) is 0 Å². The van der Waals surface area contributed by atoms with E-state index in [0.29, 0.717) is 24.4 Å². The number of ether oxygens (including phenoxy) is 2. The Balaban J connectivity index is 0.00000147. The topological polar surface area (TPSA) is 54.9 Å². The number of nitrogens with one attached hydrogen (secondary N) is 2. The van der Waals surface area contributed by atoms with Gasteiger partial charge in [-0.05, 0) is 39.0 Å². The van der Waals surface area contributed by atoms with Gasteiger partial charge in [0.2, 0.25) is 0 Å². The standard InChI is InChI=1S/C14H25N3O2.HI/c1-2-15-14(16-9-11-4-3-7-18-11)17-12-8-10-5-6-13(12)19-10;/h10-13H,2-9H2,1H3,(H2,15,16,17);1H. The van der Waals surface area contributed by atoms with Crippen molar-refractivity contribution >= 4 is 29.9 Å². The number of aliphatic imine (C=N–C) groups is 1. The number of nitrogens with zero attached hydrogens (tertiary/aromatic N) is 1. The van der Waals surface area contributed by atoms with Gasteiger partial charge in [-0.15, -0.1) is 24.0 Å². The molecule has 3 aliphatic heterocycles. The highest BCUT2D eigenvalue weighted by Crippen LogP contribution is 2.34. The third-order valence-electron chi connectivity index (χ3n) is 4.25. The average molecular weight is 395 g/mol. The highest BCUT2D eigenvalue weighted by Gasteiger charge is 2.41. The van der Waals surface area contributed by atoms with Crippen molar-refractivity contribution in [3.8, 4) is 0 Å². The van der Waals surface area contributed by atoms with E-state index in [0.717, 1.165) is 38.5 Å². The van der Waals surface area contributed by atoms with Crippen LogP contribution in [0.2, 0.25) is 0 Å². The molecule has 0 aromatic rings. The summed E-state index contributed by atoms with van der Waals surface area (Å²) < 4.78 is 11.5. The maximum atomic E-state index is 5.87. The summed E-state index contributed by atoms with van der Waals surface area (Å²) in [7, 11) is 0. The minimum atomic E-state index is 0. The normalized spacial score (nSPS) is 36.0. The Bertz CT molecular complexity index is 334. The summed E-state index contributed by atoms with van der Waals surface area (Å²) in [4.78, 5) is 4.66. The molecular weight excluding hydrogens is 369 g/mol. The lowest BCUT2D eigenvalue weighted by molar-refractivity contribution is 0.0991. The van der Waals surface area contributed by atoms with E-state index in [1.54, 1.807) is 0 Å². The lowest BCUT2D eigenvalue weighted by atomic mass is 9.96. The largest absolute Gasteiger partial charge is 0.376 e. The summed E-state index contributed by atoms with van der Waals surface area (Å²) in [5.74, 6) is 0.916. The fraction of sp³-hybridized carbons (Fsp3) is 0.929. The lowest BCUT2D eigenvalue weighted by Gasteiger charge is -2.23. The van der Waals surface area contributed by atoms with Crippen molar-refractivity contribution in [2.45, 2.75) is 63.4 Å². The zero-order valence-electron chi connectivity index (χ0n) is 12.1. The molecule has 0 aliphatic carbocycles. The molecule has 0 aromatic carbocycles. The van der Waals surface area contributed by atoms with E-state index in [1.165, 1.54) is 19.3 Å². The van der Waals surface area contributed by atoms with Crippen molar-refractivity contribution in [1.82, 2.24) is 10.6 Å². The molecule has 2 N–H and O–H groups in total. The maximum Gasteiger partial charge on any atom is 0.191 e. The van der Waals surface area contributed by atoms with Crippen LogP contribution in [0.3, 0.4) is 0 Å². The van der Waals surface area contributed by atoms with Crippen molar-refractivity contribution < 1.29 is 9.47 Å². The molecule has 2 bridgehead atoms. The highest BCUT2D eigenvalue weighted by molar-refractivity contribution is 14.0. The maximum absolute atomic E-state index is 5.87. The molecule has 3 aliphatic rings. The van der Waals surface area contributed by atoms with E-state index in [1.807, 2.05) is 0 Å². The Hall–Kier alpha value is -0.0800. The molecule has 6 heteroatoms. The van der Waals surface area contributed by atoms with E-state index in [-0.39, 0.29) is 24.0 Å². The molecule has 0 spiro atoms. The third kappa shape index (κ3) is 3.98. The molecule has 4 unspecified atom stereocenters. The zero-order valence-corrected chi connectivity index (χ0v) is 14.5. The minimum absolute atomic E-state index is 0. The van der Waals surface area contributed by atoms with Crippen molar-refractivity contribution in [1.29, 1.82) is 0 Å². The summed E-state index contributed by atoms with van der Waals surface area (Å²) in [6.45, 7) is 4.64. The predicted molar refractivity (Wildman–Crippen MR) is 89.8 cm³/mol. The SMILES string of the molecule is CCNC(=NCC1CCCO1)NC1CC2CCC1O2.I. The van der Waals surface area contributed by atoms with Gasteiger partial charge >= 0.3 is 0 Å². The van der Waals surface area contributed by atoms with Crippen LogP contribution in [0.5, 0.6) is 0 Å². The van der Waals surface area contributed by atoms with Crippen LogP contribution in [0.25, 0.3) is 0 Å². The van der Waals surface area contributed by atoms with Crippen molar-refractivity contribution in [2.75, 3.05) is 19.7 Å². The number of guanidine groups is 1. The Morgan fingerprint density at radius 3 is 2.80 bits per heavy atom. The Morgan fingerprint density at radius 2 is 2.20 bits per heavy atom. The minimum Gasteiger partial charge on any atom is -0.376 e. The van der Waals surface area contributed by atoms with Crippen LogP contribution >= 0.6 is 24.0 Å². The van der Waals surface area contributed by atoms with Crippen LogP contribution in [0, 0.1) is 0 Å². The number of rotatable bonds is 4. The predicted octanol–water partition coefficient (Wildman–Crippen LogP) is 1.66. The van der Waals surface area contributed by atoms with Gasteiger partial charge in [-0.2, -0.15) is 0 Å². The Labute approximate surface area is 138 Å². The van der Waals surface area contributed by atoms with Gasteiger partial charge in [-0.1, -0.05) is 0 Å². The van der Waals surface area contributed by atoms with Gasteiger partial charge in [0.25, 0.3) is 0 Å². The summed E-state index contributed by atoms with van der Waals surface area (Å²) in [6.07, 6.45) is 7.02. The van der Waals surface area contributed by atoms with Gasteiger partial charge < -0.3 is 20.1 Å². The number of halogens is 1. The van der Waals surface area contributed by atoms with E-state index in [2.05, 4.69) is 22.5 Å². The quantitative estimate of drug-likeness (QED) is 0.432. The molecule has 3 rings (SSSR count). The molecule has 3 heterocycles. The van der Waals surface area contributed by atoms with Crippen LogP contribution in [0.15, 0.2) is 4.99 Å². The second kappa shape index (κ2) is 7.79. The van der Waals surface area contributed by atoms with Gasteiger partial charge in [0.05, 0.1) is 30.9 Å². The molecule has 0 saturated carbocycles. The summed E-state index contributed by atoms with van der Waals surface area (Å²) in [5.41, 5.74) is 0. The number of hydrogen-bond acceptors (Lipinski definition) is 3. The summed E-state index contributed by atoms with van der Waals surface area (Å²) >= 11 is 0. The van der Waals surface area contributed by atoms with Crippen molar-refractivity contribution in [3.05, 3.63) is 0 Å². The first-order chi connectivity index (χ1) is 9.35.